The van der Waals surface area contributed by atoms with E-state index in [0.29, 0.717) is 6.04 Å². The molecule has 0 aliphatic heterocycles. The summed E-state index contributed by atoms with van der Waals surface area (Å²) in [7, 11) is 4.21. The normalized spacial score (nSPS) is 12.8. The van der Waals surface area contributed by atoms with Crippen LogP contribution in [0, 0.1) is 0 Å². The monoisotopic (exact) mass is 286 g/mol. The summed E-state index contributed by atoms with van der Waals surface area (Å²) in [5, 5.41) is 7.93. The van der Waals surface area contributed by atoms with Gasteiger partial charge in [-0.25, -0.2) is 0 Å². The van der Waals surface area contributed by atoms with Gasteiger partial charge in [0.15, 0.2) is 0 Å². The number of hydrogen-bond donors (Lipinski definition) is 1. The second kappa shape index (κ2) is 7.38. The number of rotatable bonds is 7. The Balaban J connectivity index is 1.99. The minimum Gasteiger partial charge on any atom is -0.306 e. The molecule has 21 heavy (non-hydrogen) atoms. The van der Waals surface area contributed by atoms with Crippen LogP contribution < -0.4 is 5.32 Å². The molecule has 0 radical (unpaired) electrons. The number of hydrogen-bond acceptors (Lipinski definition) is 3. The number of nitrogens with zero attached hydrogens (tertiary/aromatic N) is 3. The quantitative estimate of drug-likeness (QED) is 0.849. The van der Waals surface area contributed by atoms with Crippen molar-refractivity contribution in [2.24, 2.45) is 0 Å². The molecular weight excluding hydrogens is 260 g/mol. The minimum atomic E-state index is 0.303. The summed E-state index contributed by atoms with van der Waals surface area (Å²) in [5.41, 5.74) is 3.98. The summed E-state index contributed by atoms with van der Waals surface area (Å²) in [6, 6.07) is 8.93. The van der Waals surface area contributed by atoms with Crippen LogP contribution in [0.25, 0.3) is 0 Å². The number of benzene rings is 1. The Bertz CT molecular complexity index is 559. The van der Waals surface area contributed by atoms with Crippen LogP contribution in [0.4, 0.5) is 0 Å². The van der Waals surface area contributed by atoms with E-state index in [4.69, 9.17) is 0 Å². The molecule has 1 N–H and O–H groups in total. The van der Waals surface area contributed by atoms with Gasteiger partial charge in [0.2, 0.25) is 0 Å². The molecule has 1 unspecified atom stereocenters. The molecule has 0 saturated carbocycles. The van der Waals surface area contributed by atoms with Crippen LogP contribution in [0.2, 0.25) is 0 Å². The highest BCUT2D eigenvalue weighted by molar-refractivity contribution is 5.27. The van der Waals surface area contributed by atoms with Crippen LogP contribution in [0.5, 0.6) is 0 Å². The largest absolute Gasteiger partial charge is 0.306 e. The van der Waals surface area contributed by atoms with E-state index < -0.39 is 0 Å². The molecule has 0 saturated heterocycles. The molecule has 0 aliphatic carbocycles. The number of aryl methyl sites for hydroxylation is 1. The van der Waals surface area contributed by atoms with Gasteiger partial charge in [0.05, 0.1) is 6.20 Å². The fraction of sp³-hybridized carbons (Fsp3) is 0.471. The van der Waals surface area contributed by atoms with Crippen molar-refractivity contribution in [3.05, 3.63) is 53.3 Å². The van der Waals surface area contributed by atoms with Gasteiger partial charge in [-0.05, 0) is 39.1 Å². The Morgan fingerprint density at radius 2 is 1.95 bits per heavy atom. The number of nitrogens with one attached hydrogen (secondary N) is 1. The molecule has 0 bridgehead atoms. The zero-order valence-electron chi connectivity index (χ0n) is 13.5. The fourth-order valence-electron chi connectivity index (χ4n) is 2.38. The van der Waals surface area contributed by atoms with Crippen molar-refractivity contribution in [1.82, 2.24) is 20.0 Å². The zero-order valence-corrected chi connectivity index (χ0v) is 13.5. The molecule has 0 amide bonds. The Morgan fingerprint density at radius 1 is 1.24 bits per heavy atom. The first-order chi connectivity index (χ1) is 10.1. The maximum absolute atomic E-state index is 4.34. The van der Waals surface area contributed by atoms with Gasteiger partial charge in [-0.2, -0.15) is 5.10 Å². The predicted molar refractivity (Wildman–Crippen MR) is 87.0 cm³/mol. The molecule has 114 valence electrons. The molecule has 1 atom stereocenters. The first-order valence-corrected chi connectivity index (χ1v) is 7.57. The van der Waals surface area contributed by atoms with Crippen molar-refractivity contribution in [2.75, 3.05) is 14.1 Å². The average molecular weight is 286 g/mol. The third kappa shape index (κ3) is 4.41. The predicted octanol–water partition coefficient (Wildman–Crippen LogP) is 2.82. The fourth-order valence-corrected chi connectivity index (χ4v) is 2.38. The van der Waals surface area contributed by atoms with Gasteiger partial charge in [-0.3, -0.25) is 4.68 Å². The summed E-state index contributed by atoms with van der Waals surface area (Å²) in [6.07, 6.45) is 4.07. The van der Waals surface area contributed by atoms with Gasteiger partial charge in [0.25, 0.3) is 0 Å². The molecule has 0 spiro atoms. The van der Waals surface area contributed by atoms with Gasteiger partial charge in [-0.15, -0.1) is 0 Å². The van der Waals surface area contributed by atoms with Gasteiger partial charge >= 0.3 is 0 Å². The highest BCUT2D eigenvalue weighted by Crippen LogP contribution is 2.15. The molecule has 0 fully saturated rings. The second-order valence-electron chi connectivity index (χ2n) is 5.74. The van der Waals surface area contributed by atoms with E-state index in [-0.39, 0.29) is 0 Å². The molecule has 1 heterocycles. The third-order valence-electron chi connectivity index (χ3n) is 3.68. The summed E-state index contributed by atoms with van der Waals surface area (Å²) >= 11 is 0. The van der Waals surface area contributed by atoms with Crippen LogP contribution in [0.1, 0.15) is 36.6 Å². The van der Waals surface area contributed by atoms with Crippen molar-refractivity contribution in [2.45, 2.75) is 39.5 Å². The average Bonchev–Trinajstić information content (AvgIpc) is 2.94. The second-order valence-corrected chi connectivity index (χ2v) is 5.74. The highest BCUT2D eigenvalue weighted by atomic mass is 15.3. The van der Waals surface area contributed by atoms with Gasteiger partial charge < -0.3 is 10.2 Å². The Labute approximate surface area is 127 Å². The lowest BCUT2D eigenvalue weighted by atomic mass is 10.1. The molecule has 4 nitrogen and oxygen atoms in total. The summed E-state index contributed by atoms with van der Waals surface area (Å²) in [4.78, 5) is 2.20. The molecule has 2 rings (SSSR count). The molecule has 2 aromatic rings. The maximum Gasteiger partial charge on any atom is 0.0537 e. The van der Waals surface area contributed by atoms with E-state index in [1.54, 1.807) is 0 Å². The van der Waals surface area contributed by atoms with Crippen molar-refractivity contribution >= 4 is 0 Å². The van der Waals surface area contributed by atoms with Crippen LogP contribution in [-0.4, -0.2) is 28.8 Å². The van der Waals surface area contributed by atoms with Gasteiger partial charge in [0, 0.05) is 37.4 Å². The summed E-state index contributed by atoms with van der Waals surface area (Å²) in [5.74, 6) is 0. The first kappa shape index (κ1) is 15.7. The van der Waals surface area contributed by atoms with Crippen LogP contribution in [0.3, 0.4) is 0 Å². The SMILES string of the molecule is CCn1cc(C(C)NCc2ccccc2CN(C)C)cn1. The highest BCUT2D eigenvalue weighted by Gasteiger charge is 2.09. The van der Waals surface area contributed by atoms with E-state index in [0.717, 1.165) is 19.6 Å². The van der Waals surface area contributed by atoms with Gasteiger partial charge in [-0.1, -0.05) is 24.3 Å². The topological polar surface area (TPSA) is 33.1 Å². The zero-order chi connectivity index (χ0) is 15.2. The van der Waals surface area contributed by atoms with Crippen molar-refractivity contribution in [3.8, 4) is 0 Å². The molecule has 1 aromatic carbocycles. The summed E-state index contributed by atoms with van der Waals surface area (Å²) < 4.78 is 1.97. The lowest BCUT2D eigenvalue weighted by molar-refractivity contribution is 0.400. The van der Waals surface area contributed by atoms with Crippen molar-refractivity contribution in [3.63, 3.8) is 0 Å². The lowest BCUT2D eigenvalue weighted by Gasteiger charge is -2.17. The van der Waals surface area contributed by atoms with E-state index in [1.807, 2.05) is 10.9 Å². The van der Waals surface area contributed by atoms with E-state index >= 15 is 0 Å². The third-order valence-corrected chi connectivity index (χ3v) is 3.68. The van der Waals surface area contributed by atoms with E-state index in [1.165, 1.54) is 16.7 Å². The summed E-state index contributed by atoms with van der Waals surface area (Å²) in [6.45, 7) is 7.05. The minimum absolute atomic E-state index is 0.303. The van der Waals surface area contributed by atoms with Crippen LogP contribution >= 0.6 is 0 Å². The standard InChI is InChI=1S/C17H26N4/c1-5-21-13-17(11-19-21)14(2)18-10-15-8-6-7-9-16(15)12-20(3)4/h6-9,11,13-14,18H,5,10,12H2,1-4H3. The van der Waals surface area contributed by atoms with Crippen LogP contribution in [-0.2, 0) is 19.6 Å². The molecule has 1 aromatic heterocycles. The van der Waals surface area contributed by atoms with E-state index in [9.17, 15) is 0 Å². The molecular formula is C17H26N4. The smallest absolute Gasteiger partial charge is 0.0537 e. The maximum atomic E-state index is 4.34. The van der Waals surface area contributed by atoms with Gasteiger partial charge in [0.1, 0.15) is 0 Å². The Kier molecular flexibility index (Phi) is 5.53. The first-order valence-electron chi connectivity index (χ1n) is 7.57. The lowest BCUT2D eigenvalue weighted by Crippen LogP contribution is -2.20. The van der Waals surface area contributed by atoms with E-state index in [2.05, 4.69) is 73.7 Å². The van der Waals surface area contributed by atoms with Crippen molar-refractivity contribution in [1.29, 1.82) is 0 Å². The Morgan fingerprint density at radius 3 is 2.57 bits per heavy atom. The number of aromatic nitrogens is 2. The molecule has 0 aliphatic rings. The van der Waals surface area contributed by atoms with Crippen LogP contribution in [0.15, 0.2) is 36.7 Å². The van der Waals surface area contributed by atoms with Crippen molar-refractivity contribution < 1.29 is 0 Å². The Hall–Kier alpha value is -1.65. The molecule has 4 heteroatoms.